The summed E-state index contributed by atoms with van der Waals surface area (Å²) < 4.78 is 5.49. The third-order valence-corrected chi connectivity index (χ3v) is 5.59. The molecule has 0 unspecified atom stereocenters. The van der Waals surface area contributed by atoms with Crippen molar-refractivity contribution >= 4 is 17.5 Å². The van der Waals surface area contributed by atoms with Gasteiger partial charge in [0.05, 0.1) is 25.3 Å². The number of nitrogens with one attached hydrogen (secondary N) is 2. The summed E-state index contributed by atoms with van der Waals surface area (Å²) in [5, 5.41) is 5.60. The van der Waals surface area contributed by atoms with Gasteiger partial charge in [-0.25, -0.2) is 0 Å². The van der Waals surface area contributed by atoms with Gasteiger partial charge in [-0.15, -0.1) is 0 Å². The van der Waals surface area contributed by atoms with Crippen LogP contribution in [0.25, 0.3) is 0 Å². The minimum absolute atomic E-state index is 0.0246. The van der Waals surface area contributed by atoms with Crippen LogP contribution in [0.15, 0.2) is 54.6 Å². The van der Waals surface area contributed by atoms with Crippen LogP contribution in [-0.2, 0) is 14.3 Å². The summed E-state index contributed by atoms with van der Waals surface area (Å²) in [4.78, 5) is 29.2. The highest BCUT2D eigenvalue weighted by atomic mass is 16.5. The molecule has 2 atom stereocenters. The maximum absolute atomic E-state index is 12.5. The fraction of sp³-hybridized carbons (Fsp3) is 0.417. The molecule has 2 N–H and O–H groups in total. The second-order valence-corrected chi connectivity index (χ2v) is 7.97. The molecule has 0 aromatic heterocycles. The number of carbonyl (C=O) groups excluding carboxylic acids is 2. The SMILES string of the molecule is C[C@@H](NC(=O)C(=O)NC[C@@H](c1ccc(N(C)C)cc1)N1CCOCC1)c1ccccc1. The summed E-state index contributed by atoms with van der Waals surface area (Å²) in [5.41, 5.74) is 3.17. The van der Waals surface area contributed by atoms with Crippen molar-refractivity contribution in [2.45, 2.75) is 19.0 Å². The monoisotopic (exact) mass is 424 g/mol. The minimum atomic E-state index is -0.625. The summed E-state index contributed by atoms with van der Waals surface area (Å²) in [6.07, 6.45) is 0. The summed E-state index contributed by atoms with van der Waals surface area (Å²) in [7, 11) is 4.01. The lowest BCUT2D eigenvalue weighted by Gasteiger charge is -2.35. The van der Waals surface area contributed by atoms with E-state index in [1.165, 1.54) is 0 Å². The molecule has 0 saturated carbocycles. The third-order valence-electron chi connectivity index (χ3n) is 5.59. The number of hydrogen-bond acceptors (Lipinski definition) is 5. The molecule has 2 amide bonds. The van der Waals surface area contributed by atoms with Crippen molar-refractivity contribution in [3.63, 3.8) is 0 Å². The molecule has 0 bridgehead atoms. The molecule has 7 nitrogen and oxygen atoms in total. The van der Waals surface area contributed by atoms with E-state index in [2.05, 4.69) is 39.8 Å². The molecule has 1 saturated heterocycles. The first-order valence-corrected chi connectivity index (χ1v) is 10.7. The number of ether oxygens (including phenoxy) is 1. The zero-order valence-corrected chi connectivity index (χ0v) is 18.5. The fourth-order valence-electron chi connectivity index (χ4n) is 3.70. The van der Waals surface area contributed by atoms with Gasteiger partial charge in [-0.2, -0.15) is 0 Å². The number of rotatable bonds is 7. The van der Waals surface area contributed by atoms with Gasteiger partial charge < -0.3 is 20.3 Å². The van der Waals surface area contributed by atoms with E-state index in [4.69, 9.17) is 4.74 Å². The highest BCUT2D eigenvalue weighted by molar-refractivity contribution is 6.35. The normalized spacial score (nSPS) is 16.2. The standard InChI is InChI=1S/C24H32N4O3/c1-18(19-7-5-4-6-8-19)26-24(30)23(29)25-17-22(28-13-15-31-16-14-28)20-9-11-21(12-10-20)27(2)3/h4-12,18,22H,13-17H2,1-3H3,(H,25,29)(H,26,30)/t18-,22+/m1/s1. The Morgan fingerprint density at radius 2 is 1.61 bits per heavy atom. The fourth-order valence-corrected chi connectivity index (χ4v) is 3.70. The Morgan fingerprint density at radius 3 is 2.23 bits per heavy atom. The molecular formula is C24H32N4O3. The molecule has 1 fully saturated rings. The molecule has 31 heavy (non-hydrogen) atoms. The smallest absolute Gasteiger partial charge is 0.309 e. The van der Waals surface area contributed by atoms with Crippen molar-refractivity contribution in [2.75, 3.05) is 51.8 Å². The minimum Gasteiger partial charge on any atom is -0.379 e. The van der Waals surface area contributed by atoms with Crippen molar-refractivity contribution in [3.8, 4) is 0 Å². The molecule has 0 spiro atoms. The van der Waals surface area contributed by atoms with Crippen LogP contribution < -0.4 is 15.5 Å². The van der Waals surface area contributed by atoms with Crippen LogP contribution in [-0.4, -0.2) is 63.7 Å². The second kappa shape index (κ2) is 10.9. The molecule has 7 heteroatoms. The predicted molar refractivity (Wildman–Crippen MR) is 122 cm³/mol. The Balaban J connectivity index is 1.63. The van der Waals surface area contributed by atoms with E-state index in [0.29, 0.717) is 19.8 Å². The van der Waals surface area contributed by atoms with E-state index in [1.807, 2.05) is 56.3 Å². The predicted octanol–water partition coefficient (Wildman–Crippen LogP) is 2.12. The lowest BCUT2D eigenvalue weighted by atomic mass is 10.0. The van der Waals surface area contributed by atoms with Crippen molar-refractivity contribution in [2.24, 2.45) is 0 Å². The molecule has 1 aliphatic heterocycles. The molecule has 0 radical (unpaired) electrons. The number of benzene rings is 2. The van der Waals surface area contributed by atoms with Crippen molar-refractivity contribution in [3.05, 3.63) is 65.7 Å². The number of hydrogen-bond donors (Lipinski definition) is 2. The van der Waals surface area contributed by atoms with E-state index in [0.717, 1.165) is 29.9 Å². The van der Waals surface area contributed by atoms with Crippen molar-refractivity contribution < 1.29 is 14.3 Å². The Kier molecular flexibility index (Phi) is 8.03. The van der Waals surface area contributed by atoms with E-state index in [1.54, 1.807) is 0 Å². The van der Waals surface area contributed by atoms with Gasteiger partial charge in [0.1, 0.15) is 0 Å². The average Bonchev–Trinajstić information content (AvgIpc) is 2.80. The van der Waals surface area contributed by atoms with Gasteiger partial charge in [0.2, 0.25) is 0 Å². The highest BCUT2D eigenvalue weighted by Gasteiger charge is 2.25. The molecule has 2 aromatic carbocycles. The molecule has 166 valence electrons. The number of anilines is 1. The van der Waals surface area contributed by atoms with Gasteiger partial charge in [-0.1, -0.05) is 42.5 Å². The van der Waals surface area contributed by atoms with Gasteiger partial charge >= 0.3 is 11.8 Å². The number of nitrogens with zero attached hydrogens (tertiary/aromatic N) is 2. The third kappa shape index (κ3) is 6.29. The van der Waals surface area contributed by atoms with Crippen LogP contribution in [0.3, 0.4) is 0 Å². The summed E-state index contributed by atoms with van der Waals surface area (Å²) in [5.74, 6) is -1.24. The molecule has 3 rings (SSSR count). The lowest BCUT2D eigenvalue weighted by molar-refractivity contribution is -0.139. The molecule has 1 heterocycles. The first-order valence-electron chi connectivity index (χ1n) is 10.7. The van der Waals surface area contributed by atoms with Crippen LogP contribution in [0.5, 0.6) is 0 Å². The zero-order valence-electron chi connectivity index (χ0n) is 18.5. The maximum Gasteiger partial charge on any atom is 0.309 e. The Hall–Kier alpha value is -2.90. The van der Waals surface area contributed by atoms with Gasteiger partial charge in [0.25, 0.3) is 0 Å². The van der Waals surface area contributed by atoms with E-state index >= 15 is 0 Å². The average molecular weight is 425 g/mol. The first-order chi connectivity index (χ1) is 15.0. The van der Waals surface area contributed by atoms with Gasteiger partial charge in [0, 0.05) is 39.4 Å². The van der Waals surface area contributed by atoms with E-state index in [9.17, 15) is 9.59 Å². The van der Waals surface area contributed by atoms with Crippen molar-refractivity contribution in [1.29, 1.82) is 0 Å². The topological polar surface area (TPSA) is 73.9 Å². The Morgan fingerprint density at radius 1 is 0.968 bits per heavy atom. The number of amides is 2. The van der Waals surface area contributed by atoms with E-state index in [-0.39, 0.29) is 12.1 Å². The molecule has 1 aliphatic rings. The van der Waals surface area contributed by atoms with Crippen LogP contribution in [0.2, 0.25) is 0 Å². The summed E-state index contributed by atoms with van der Waals surface area (Å²) in [6, 6.07) is 17.6. The Labute approximate surface area is 184 Å². The van der Waals surface area contributed by atoms with Gasteiger partial charge in [-0.05, 0) is 30.2 Å². The Bertz CT molecular complexity index is 849. The quantitative estimate of drug-likeness (QED) is 0.666. The highest BCUT2D eigenvalue weighted by Crippen LogP contribution is 2.24. The van der Waals surface area contributed by atoms with Crippen LogP contribution in [0.1, 0.15) is 30.1 Å². The number of carbonyl (C=O) groups is 2. The summed E-state index contributed by atoms with van der Waals surface area (Å²) in [6.45, 7) is 5.11. The summed E-state index contributed by atoms with van der Waals surface area (Å²) >= 11 is 0. The molecular weight excluding hydrogens is 392 g/mol. The van der Waals surface area contributed by atoms with Crippen LogP contribution in [0, 0.1) is 0 Å². The zero-order chi connectivity index (χ0) is 22.2. The second-order valence-electron chi connectivity index (χ2n) is 7.97. The maximum atomic E-state index is 12.5. The van der Waals surface area contributed by atoms with Crippen LogP contribution >= 0.6 is 0 Å². The lowest BCUT2D eigenvalue weighted by Crippen LogP contribution is -2.47. The van der Waals surface area contributed by atoms with Crippen molar-refractivity contribution in [1.82, 2.24) is 15.5 Å². The number of morpholine rings is 1. The molecule has 2 aromatic rings. The molecule has 0 aliphatic carbocycles. The first kappa shape index (κ1) is 22.8. The largest absolute Gasteiger partial charge is 0.379 e. The van der Waals surface area contributed by atoms with Gasteiger partial charge in [0.15, 0.2) is 0 Å². The van der Waals surface area contributed by atoms with Gasteiger partial charge in [-0.3, -0.25) is 14.5 Å². The van der Waals surface area contributed by atoms with Crippen LogP contribution in [0.4, 0.5) is 5.69 Å². The van der Waals surface area contributed by atoms with E-state index < -0.39 is 11.8 Å².